The van der Waals surface area contributed by atoms with E-state index in [1.54, 1.807) is 6.20 Å². The van der Waals surface area contributed by atoms with Gasteiger partial charge < -0.3 is 9.64 Å². The Bertz CT molecular complexity index is 906. The third kappa shape index (κ3) is 4.02. The molecule has 4 heterocycles. The maximum atomic E-state index is 12.7. The van der Waals surface area contributed by atoms with Gasteiger partial charge in [0.15, 0.2) is 0 Å². The lowest BCUT2D eigenvalue weighted by atomic mass is 10.0. The van der Waals surface area contributed by atoms with Gasteiger partial charge in [0.1, 0.15) is 5.02 Å². The highest BCUT2D eigenvalue weighted by Gasteiger charge is 2.27. The molecule has 0 saturated carbocycles. The molecule has 8 nitrogen and oxygen atoms in total. The van der Waals surface area contributed by atoms with E-state index in [1.807, 2.05) is 12.3 Å². The van der Waals surface area contributed by atoms with Gasteiger partial charge in [-0.05, 0) is 25.0 Å². The topological polar surface area (TPSA) is 75.5 Å². The van der Waals surface area contributed by atoms with Crippen LogP contribution in [0.15, 0.2) is 29.3 Å². The summed E-state index contributed by atoms with van der Waals surface area (Å²) < 4.78 is 6.74. The quantitative estimate of drug-likeness (QED) is 0.793. The fourth-order valence-corrected chi connectivity index (χ4v) is 4.32. The van der Waals surface area contributed by atoms with Crippen molar-refractivity contribution in [1.29, 1.82) is 0 Å². The number of anilines is 1. The van der Waals surface area contributed by atoms with Crippen LogP contribution in [-0.4, -0.2) is 59.0 Å². The van der Waals surface area contributed by atoms with E-state index in [9.17, 15) is 4.79 Å². The molecule has 29 heavy (non-hydrogen) atoms. The molecule has 0 bridgehead atoms. The first-order valence-electron chi connectivity index (χ1n) is 10.1. The summed E-state index contributed by atoms with van der Waals surface area (Å²) in [6, 6.07) is 4.47. The molecular formula is C20H27ClN6O2. The molecule has 2 aliphatic heterocycles. The summed E-state index contributed by atoms with van der Waals surface area (Å²) in [6.45, 7) is 8.95. The van der Waals surface area contributed by atoms with Crippen LogP contribution in [0.2, 0.25) is 5.02 Å². The Morgan fingerprint density at radius 2 is 2.14 bits per heavy atom. The fourth-order valence-electron chi connectivity index (χ4n) is 4.07. The zero-order chi connectivity index (χ0) is 20.4. The van der Waals surface area contributed by atoms with Crippen molar-refractivity contribution in [3.63, 3.8) is 0 Å². The summed E-state index contributed by atoms with van der Waals surface area (Å²) in [6.07, 6.45) is 3.91. The van der Waals surface area contributed by atoms with E-state index >= 15 is 0 Å². The Balaban J connectivity index is 1.46. The average molecular weight is 419 g/mol. The summed E-state index contributed by atoms with van der Waals surface area (Å²) >= 11 is 6.42. The molecule has 1 N–H and O–H groups in total. The van der Waals surface area contributed by atoms with Crippen molar-refractivity contribution < 1.29 is 4.74 Å². The third-order valence-corrected chi connectivity index (χ3v) is 6.11. The predicted octanol–water partition coefficient (Wildman–Crippen LogP) is 1.81. The predicted molar refractivity (Wildman–Crippen MR) is 112 cm³/mol. The lowest BCUT2D eigenvalue weighted by Crippen LogP contribution is -2.48. The van der Waals surface area contributed by atoms with Gasteiger partial charge in [0, 0.05) is 50.7 Å². The van der Waals surface area contributed by atoms with Crippen molar-refractivity contribution in [2.24, 2.45) is 0 Å². The Morgan fingerprint density at radius 3 is 2.83 bits per heavy atom. The number of aryl methyl sites for hydroxylation is 1. The molecule has 0 aromatic carbocycles. The molecule has 2 unspecified atom stereocenters. The monoisotopic (exact) mass is 418 g/mol. The molecule has 9 heteroatoms. The molecule has 0 radical (unpaired) electrons. The minimum Gasteiger partial charge on any atom is -0.366 e. The van der Waals surface area contributed by atoms with Crippen LogP contribution in [-0.2, 0) is 11.2 Å². The summed E-state index contributed by atoms with van der Waals surface area (Å²) in [4.78, 5) is 21.8. The average Bonchev–Trinajstić information content (AvgIpc) is 3.30. The van der Waals surface area contributed by atoms with Gasteiger partial charge in [-0.2, -0.15) is 9.78 Å². The standard InChI is InChI=1S/C20H27ClN6O2/c1-3-16-15(5-4-6-22-16)14(2)25-8-10-26(11-9-25)17-13-24-27(19(28)18(17)21)20-23-7-12-29-20/h4-6,13-14,20,23H,3,7-12H2,1-2H3. The molecule has 2 fully saturated rings. The molecule has 0 amide bonds. The Kier molecular flexibility index (Phi) is 6.15. The second kappa shape index (κ2) is 8.79. The lowest BCUT2D eigenvalue weighted by molar-refractivity contribution is 0.0303. The summed E-state index contributed by atoms with van der Waals surface area (Å²) in [7, 11) is 0. The van der Waals surface area contributed by atoms with Gasteiger partial charge in [-0.15, -0.1) is 0 Å². The minimum absolute atomic E-state index is 0.194. The number of aromatic nitrogens is 3. The Morgan fingerprint density at radius 1 is 1.34 bits per heavy atom. The van der Waals surface area contributed by atoms with Crippen molar-refractivity contribution in [3.05, 3.63) is 51.2 Å². The highest BCUT2D eigenvalue weighted by molar-refractivity contribution is 6.33. The van der Waals surface area contributed by atoms with Crippen LogP contribution in [0.3, 0.4) is 0 Å². The number of rotatable bonds is 5. The minimum atomic E-state index is -0.543. The largest absolute Gasteiger partial charge is 0.366 e. The van der Waals surface area contributed by atoms with E-state index in [-0.39, 0.29) is 10.6 Å². The number of ether oxygens (including phenoxy) is 1. The van der Waals surface area contributed by atoms with Gasteiger partial charge in [-0.3, -0.25) is 20.0 Å². The van der Waals surface area contributed by atoms with E-state index in [2.05, 4.69) is 45.1 Å². The number of halogens is 1. The van der Waals surface area contributed by atoms with Gasteiger partial charge in [-0.1, -0.05) is 24.6 Å². The van der Waals surface area contributed by atoms with E-state index in [4.69, 9.17) is 16.3 Å². The SMILES string of the molecule is CCc1ncccc1C(C)N1CCN(c2cnn(C3NCCO3)c(=O)c2Cl)CC1. The third-order valence-electron chi connectivity index (χ3n) is 5.76. The lowest BCUT2D eigenvalue weighted by Gasteiger charge is -2.39. The van der Waals surface area contributed by atoms with Crippen LogP contribution in [0.1, 0.15) is 37.5 Å². The van der Waals surface area contributed by atoms with Gasteiger partial charge in [0.25, 0.3) is 5.56 Å². The van der Waals surface area contributed by atoms with Crippen molar-refractivity contribution in [1.82, 2.24) is 25.0 Å². The molecule has 2 aromatic rings. The first-order chi connectivity index (χ1) is 14.1. The highest BCUT2D eigenvalue weighted by atomic mass is 35.5. The highest BCUT2D eigenvalue weighted by Crippen LogP contribution is 2.27. The van der Waals surface area contributed by atoms with E-state index < -0.39 is 6.35 Å². The van der Waals surface area contributed by atoms with E-state index in [0.717, 1.165) is 38.3 Å². The molecule has 2 atom stereocenters. The molecule has 4 rings (SSSR count). The van der Waals surface area contributed by atoms with Crippen LogP contribution in [0, 0.1) is 0 Å². The zero-order valence-electron chi connectivity index (χ0n) is 16.8. The number of nitrogens with zero attached hydrogens (tertiary/aromatic N) is 5. The Labute approximate surface area is 175 Å². The number of nitrogens with one attached hydrogen (secondary N) is 1. The molecule has 0 aliphatic carbocycles. The number of hydrogen-bond donors (Lipinski definition) is 1. The van der Waals surface area contributed by atoms with Gasteiger partial charge in [0.05, 0.1) is 18.5 Å². The molecular weight excluding hydrogens is 392 g/mol. The number of pyridine rings is 1. The molecule has 2 aliphatic rings. The summed E-state index contributed by atoms with van der Waals surface area (Å²) in [5.74, 6) is 0. The van der Waals surface area contributed by atoms with Crippen LogP contribution < -0.4 is 15.8 Å². The maximum absolute atomic E-state index is 12.7. The van der Waals surface area contributed by atoms with Crippen molar-refractivity contribution in [3.8, 4) is 0 Å². The number of piperazine rings is 1. The van der Waals surface area contributed by atoms with Crippen LogP contribution >= 0.6 is 11.6 Å². The summed E-state index contributed by atoms with van der Waals surface area (Å²) in [5.41, 5.74) is 2.80. The normalized spacial score (nSPS) is 21.5. The molecule has 2 aromatic heterocycles. The maximum Gasteiger partial charge on any atom is 0.291 e. The second-order valence-electron chi connectivity index (χ2n) is 7.36. The summed E-state index contributed by atoms with van der Waals surface area (Å²) in [5, 5.41) is 7.56. The first kappa shape index (κ1) is 20.3. The van der Waals surface area contributed by atoms with Gasteiger partial charge >= 0.3 is 0 Å². The van der Waals surface area contributed by atoms with Gasteiger partial charge in [0.2, 0.25) is 6.35 Å². The second-order valence-corrected chi connectivity index (χ2v) is 7.74. The van der Waals surface area contributed by atoms with Crippen LogP contribution in [0.25, 0.3) is 0 Å². The van der Waals surface area contributed by atoms with Crippen molar-refractivity contribution in [2.75, 3.05) is 44.2 Å². The van der Waals surface area contributed by atoms with Crippen LogP contribution in [0.5, 0.6) is 0 Å². The fraction of sp³-hybridized carbons (Fsp3) is 0.550. The van der Waals surface area contributed by atoms with Gasteiger partial charge in [-0.25, -0.2) is 0 Å². The van der Waals surface area contributed by atoms with E-state index in [1.165, 1.54) is 10.2 Å². The van der Waals surface area contributed by atoms with Crippen LogP contribution in [0.4, 0.5) is 5.69 Å². The number of hydrogen-bond acceptors (Lipinski definition) is 7. The Hall–Kier alpha value is -2.00. The molecule has 0 spiro atoms. The zero-order valence-corrected chi connectivity index (χ0v) is 17.6. The van der Waals surface area contributed by atoms with Crippen molar-refractivity contribution >= 4 is 17.3 Å². The molecule has 156 valence electrons. The van der Waals surface area contributed by atoms with E-state index in [0.29, 0.717) is 24.9 Å². The molecule has 2 saturated heterocycles. The van der Waals surface area contributed by atoms with Crippen molar-refractivity contribution in [2.45, 2.75) is 32.7 Å². The smallest absolute Gasteiger partial charge is 0.291 e. The first-order valence-corrected chi connectivity index (χ1v) is 10.5.